The highest BCUT2D eigenvalue weighted by atomic mass is 35.5. The van der Waals surface area contributed by atoms with Gasteiger partial charge in [0.1, 0.15) is 5.75 Å². The van der Waals surface area contributed by atoms with E-state index in [0.29, 0.717) is 23.0 Å². The molecular weight excluding hydrogens is 302 g/mol. The number of nitrogens with zero attached hydrogens (tertiary/aromatic N) is 1. The number of pyridine rings is 1. The summed E-state index contributed by atoms with van der Waals surface area (Å²) >= 11 is 6.04. The molecule has 0 atom stereocenters. The zero-order chi connectivity index (χ0) is 15.9. The quantitative estimate of drug-likeness (QED) is 0.859. The lowest BCUT2D eigenvalue weighted by atomic mass is 10.2. The van der Waals surface area contributed by atoms with Gasteiger partial charge in [0.2, 0.25) is 5.91 Å². The molecule has 0 bridgehead atoms. The molecule has 0 aliphatic heterocycles. The van der Waals surface area contributed by atoms with Crippen LogP contribution in [-0.4, -0.2) is 24.5 Å². The van der Waals surface area contributed by atoms with E-state index in [1.54, 1.807) is 18.3 Å². The number of ether oxygens (including phenoxy) is 1. The lowest BCUT2D eigenvalue weighted by Gasteiger charge is -2.12. The standard InChI is InChI=1S/C16H18ClN3O2/c1-11-7-14(15(22-2)8-13(11)17)20-16(21)10-18-9-12-5-3-4-6-19-12/h3-8,18H,9-10H2,1-2H3,(H,20,21). The summed E-state index contributed by atoms with van der Waals surface area (Å²) in [6.07, 6.45) is 1.72. The molecular formula is C16H18ClN3O2. The number of anilines is 1. The van der Waals surface area contributed by atoms with Crippen molar-refractivity contribution in [2.45, 2.75) is 13.5 Å². The smallest absolute Gasteiger partial charge is 0.238 e. The van der Waals surface area contributed by atoms with Gasteiger partial charge in [0.15, 0.2) is 0 Å². The van der Waals surface area contributed by atoms with E-state index in [9.17, 15) is 4.79 Å². The van der Waals surface area contributed by atoms with Crippen LogP contribution in [0.5, 0.6) is 5.75 Å². The summed E-state index contributed by atoms with van der Waals surface area (Å²) in [5, 5.41) is 6.45. The number of aromatic nitrogens is 1. The molecule has 22 heavy (non-hydrogen) atoms. The Labute approximate surface area is 134 Å². The van der Waals surface area contributed by atoms with Crippen molar-refractivity contribution in [2.24, 2.45) is 0 Å². The third-order valence-electron chi connectivity index (χ3n) is 3.07. The van der Waals surface area contributed by atoms with Crippen LogP contribution in [0.2, 0.25) is 5.02 Å². The van der Waals surface area contributed by atoms with E-state index in [4.69, 9.17) is 16.3 Å². The SMILES string of the molecule is COc1cc(Cl)c(C)cc1NC(=O)CNCc1ccccn1. The Morgan fingerprint density at radius 1 is 1.36 bits per heavy atom. The molecule has 0 aliphatic rings. The zero-order valence-corrected chi connectivity index (χ0v) is 13.3. The minimum Gasteiger partial charge on any atom is -0.495 e. The van der Waals surface area contributed by atoms with Crippen molar-refractivity contribution in [1.82, 2.24) is 10.3 Å². The Morgan fingerprint density at radius 3 is 2.86 bits per heavy atom. The summed E-state index contributed by atoms with van der Waals surface area (Å²) in [6, 6.07) is 9.14. The van der Waals surface area contributed by atoms with Crippen LogP contribution in [0.1, 0.15) is 11.3 Å². The highest BCUT2D eigenvalue weighted by molar-refractivity contribution is 6.31. The third kappa shape index (κ3) is 4.44. The van der Waals surface area contributed by atoms with Crippen molar-refractivity contribution in [3.63, 3.8) is 0 Å². The van der Waals surface area contributed by atoms with Crippen LogP contribution < -0.4 is 15.4 Å². The van der Waals surface area contributed by atoms with Crippen LogP contribution in [0.25, 0.3) is 0 Å². The van der Waals surface area contributed by atoms with Crippen molar-refractivity contribution in [3.8, 4) is 5.75 Å². The second kappa shape index (κ2) is 7.77. The fourth-order valence-electron chi connectivity index (χ4n) is 1.93. The number of benzene rings is 1. The van der Waals surface area contributed by atoms with Crippen molar-refractivity contribution >= 4 is 23.2 Å². The fourth-order valence-corrected chi connectivity index (χ4v) is 2.08. The van der Waals surface area contributed by atoms with Crippen molar-refractivity contribution in [3.05, 3.63) is 52.8 Å². The molecule has 2 rings (SSSR count). The molecule has 1 amide bonds. The second-order valence-corrected chi connectivity index (χ2v) is 5.18. The largest absolute Gasteiger partial charge is 0.495 e. The second-order valence-electron chi connectivity index (χ2n) is 4.77. The molecule has 0 unspecified atom stereocenters. The Morgan fingerprint density at radius 2 is 2.18 bits per heavy atom. The molecule has 116 valence electrons. The molecule has 0 radical (unpaired) electrons. The lowest BCUT2D eigenvalue weighted by molar-refractivity contribution is -0.115. The molecule has 0 saturated carbocycles. The Bertz CT molecular complexity index is 647. The molecule has 0 spiro atoms. The number of rotatable bonds is 6. The maximum atomic E-state index is 12.0. The lowest BCUT2D eigenvalue weighted by Crippen LogP contribution is -2.28. The Kier molecular flexibility index (Phi) is 5.75. The van der Waals surface area contributed by atoms with Gasteiger partial charge in [-0.1, -0.05) is 17.7 Å². The number of methoxy groups -OCH3 is 1. The molecule has 0 fully saturated rings. The maximum absolute atomic E-state index is 12.0. The van der Waals surface area contributed by atoms with Crippen LogP contribution in [0.4, 0.5) is 5.69 Å². The first-order valence-electron chi connectivity index (χ1n) is 6.84. The monoisotopic (exact) mass is 319 g/mol. The van der Waals surface area contributed by atoms with E-state index >= 15 is 0 Å². The molecule has 0 aliphatic carbocycles. The first kappa shape index (κ1) is 16.3. The number of aryl methyl sites for hydroxylation is 1. The average molecular weight is 320 g/mol. The number of amides is 1. The third-order valence-corrected chi connectivity index (χ3v) is 3.48. The van der Waals surface area contributed by atoms with Crippen LogP contribution in [0.3, 0.4) is 0 Å². The molecule has 2 aromatic rings. The van der Waals surface area contributed by atoms with E-state index in [1.165, 1.54) is 7.11 Å². The number of hydrogen-bond acceptors (Lipinski definition) is 4. The van der Waals surface area contributed by atoms with Crippen molar-refractivity contribution in [2.75, 3.05) is 19.0 Å². The van der Waals surface area contributed by atoms with E-state index in [-0.39, 0.29) is 12.5 Å². The predicted octanol–water partition coefficient (Wildman–Crippen LogP) is 2.78. The van der Waals surface area contributed by atoms with E-state index < -0.39 is 0 Å². The average Bonchev–Trinajstić information content (AvgIpc) is 2.51. The van der Waals surface area contributed by atoms with Crippen molar-refractivity contribution < 1.29 is 9.53 Å². The number of hydrogen-bond donors (Lipinski definition) is 2. The van der Waals surface area contributed by atoms with Gasteiger partial charge >= 0.3 is 0 Å². The van der Waals surface area contributed by atoms with Gasteiger partial charge in [-0.3, -0.25) is 9.78 Å². The summed E-state index contributed by atoms with van der Waals surface area (Å²) in [6.45, 7) is 2.59. The number of nitrogens with one attached hydrogen (secondary N) is 2. The first-order chi connectivity index (χ1) is 10.6. The predicted molar refractivity (Wildman–Crippen MR) is 87.3 cm³/mol. The van der Waals surface area contributed by atoms with E-state index in [0.717, 1.165) is 11.3 Å². The summed E-state index contributed by atoms with van der Waals surface area (Å²) in [7, 11) is 1.54. The molecule has 6 heteroatoms. The number of halogens is 1. The highest BCUT2D eigenvalue weighted by Gasteiger charge is 2.10. The van der Waals surface area contributed by atoms with Gasteiger partial charge in [-0.05, 0) is 30.7 Å². The van der Waals surface area contributed by atoms with Gasteiger partial charge in [0.25, 0.3) is 0 Å². The van der Waals surface area contributed by atoms with Crippen LogP contribution >= 0.6 is 11.6 Å². The minimum absolute atomic E-state index is 0.157. The van der Waals surface area contributed by atoms with E-state index in [2.05, 4.69) is 15.6 Å². The zero-order valence-electron chi connectivity index (χ0n) is 12.5. The minimum atomic E-state index is -0.157. The van der Waals surface area contributed by atoms with E-state index in [1.807, 2.05) is 25.1 Å². The summed E-state index contributed by atoms with van der Waals surface area (Å²) in [5.41, 5.74) is 2.36. The number of carbonyl (C=O) groups excluding carboxylic acids is 1. The molecule has 1 aromatic heterocycles. The van der Waals surface area contributed by atoms with Crippen molar-refractivity contribution in [1.29, 1.82) is 0 Å². The highest BCUT2D eigenvalue weighted by Crippen LogP contribution is 2.30. The van der Waals surface area contributed by atoms with Crippen LogP contribution in [0.15, 0.2) is 36.5 Å². The topological polar surface area (TPSA) is 63.2 Å². The fraction of sp³-hybridized carbons (Fsp3) is 0.250. The number of carbonyl (C=O) groups is 1. The Balaban J connectivity index is 1.90. The molecule has 5 nitrogen and oxygen atoms in total. The molecule has 1 aromatic carbocycles. The summed E-state index contributed by atoms with van der Waals surface area (Å²) in [5.74, 6) is 0.379. The molecule has 1 heterocycles. The van der Waals surface area contributed by atoms with Gasteiger partial charge in [0.05, 0.1) is 25.0 Å². The first-order valence-corrected chi connectivity index (χ1v) is 7.22. The Hall–Kier alpha value is -2.11. The summed E-state index contributed by atoms with van der Waals surface area (Å²) in [4.78, 5) is 16.2. The maximum Gasteiger partial charge on any atom is 0.238 e. The molecule has 0 saturated heterocycles. The van der Waals surface area contributed by atoms with Gasteiger partial charge in [-0.2, -0.15) is 0 Å². The molecule has 2 N–H and O–H groups in total. The van der Waals surface area contributed by atoms with Crippen LogP contribution in [-0.2, 0) is 11.3 Å². The van der Waals surface area contributed by atoms with Gasteiger partial charge < -0.3 is 15.4 Å². The van der Waals surface area contributed by atoms with Gasteiger partial charge in [0, 0.05) is 23.8 Å². The normalized spacial score (nSPS) is 10.3. The summed E-state index contributed by atoms with van der Waals surface area (Å²) < 4.78 is 5.23. The van der Waals surface area contributed by atoms with Crippen LogP contribution in [0, 0.1) is 6.92 Å². The van der Waals surface area contributed by atoms with Gasteiger partial charge in [-0.25, -0.2) is 0 Å². The van der Waals surface area contributed by atoms with Gasteiger partial charge in [-0.15, -0.1) is 0 Å².